The van der Waals surface area contributed by atoms with E-state index >= 15 is 0 Å². The van der Waals surface area contributed by atoms with Crippen molar-refractivity contribution in [1.29, 1.82) is 5.26 Å². The molecule has 0 saturated heterocycles. The zero-order valence-electron chi connectivity index (χ0n) is 13.2. The number of nitrogens with one attached hydrogen (secondary N) is 1. The van der Waals surface area contributed by atoms with Gasteiger partial charge in [-0.25, -0.2) is 0 Å². The topological polar surface area (TPSA) is 76.9 Å². The number of nitriles is 1. The molecule has 2 N–H and O–H groups in total. The van der Waals surface area contributed by atoms with E-state index in [-0.39, 0.29) is 11.3 Å². The molecule has 0 aliphatic carbocycles. The van der Waals surface area contributed by atoms with Gasteiger partial charge in [-0.05, 0) is 41.1 Å². The molecule has 0 aliphatic rings. The monoisotopic (exact) mass is 346 g/mol. The van der Waals surface area contributed by atoms with Crippen molar-refractivity contribution in [3.8, 4) is 22.9 Å². The number of phenolic OH excluding ortho intramolecular Hbond substituents is 1. The van der Waals surface area contributed by atoms with Crippen molar-refractivity contribution < 1.29 is 5.11 Å². The molecule has 25 heavy (non-hydrogen) atoms. The van der Waals surface area contributed by atoms with Crippen LogP contribution in [0.3, 0.4) is 0 Å². The SMILES string of the molecule is N#CCCc1ccc(-c2c(O)ccc3[nH]c(=O)c4sccc4c23)cc1. The number of H-pyrrole nitrogens is 1. The fraction of sp³-hybridized carbons (Fsp3) is 0.100. The summed E-state index contributed by atoms with van der Waals surface area (Å²) in [6.07, 6.45) is 1.19. The Morgan fingerprint density at radius 3 is 2.68 bits per heavy atom. The van der Waals surface area contributed by atoms with E-state index in [2.05, 4.69) is 11.1 Å². The van der Waals surface area contributed by atoms with Crippen molar-refractivity contribution in [3.63, 3.8) is 0 Å². The zero-order valence-corrected chi connectivity index (χ0v) is 14.1. The fourth-order valence-corrected chi connectivity index (χ4v) is 3.96. The van der Waals surface area contributed by atoms with Gasteiger partial charge in [0.2, 0.25) is 0 Å². The Balaban J connectivity index is 1.98. The smallest absolute Gasteiger partial charge is 0.266 e. The summed E-state index contributed by atoms with van der Waals surface area (Å²) in [5.41, 5.74) is 3.27. The van der Waals surface area contributed by atoms with Crippen LogP contribution >= 0.6 is 11.3 Å². The Morgan fingerprint density at radius 1 is 1.12 bits per heavy atom. The molecule has 122 valence electrons. The van der Waals surface area contributed by atoms with Crippen LogP contribution in [0.1, 0.15) is 12.0 Å². The summed E-state index contributed by atoms with van der Waals surface area (Å²) in [5, 5.41) is 22.8. The highest BCUT2D eigenvalue weighted by Gasteiger charge is 2.15. The molecule has 0 bridgehead atoms. The molecule has 0 unspecified atom stereocenters. The number of thiophene rings is 1. The standard InChI is InChI=1S/C20H14N2O2S/c21-10-1-2-12-3-5-13(6-4-12)17-16(23)8-7-15-18(17)14-9-11-25-19(14)20(24)22-15/h3-9,11,23H,1-2H2,(H,22,24). The number of phenols is 1. The summed E-state index contributed by atoms with van der Waals surface area (Å²) in [6, 6.07) is 15.2. The number of pyridine rings is 1. The minimum absolute atomic E-state index is 0.110. The number of aromatic hydroxyl groups is 1. The third-order valence-electron chi connectivity index (χ3n) is 4.34. The van der Waals surface area contributed by atoms with Gasteiger partial charge in [-0.15, -0.1) is 11.3 Å². The van der Waals surface area contributed by atoms with Gasteiger partial charge in [-0.1, -0.05) is 24.3 Å². The lowest BCUT2D eigenvalue weighted by Gasteiger charge is -2.11. The summed E-state index contributed by atoms with van der Waals surface area (Å²) in [4.78, 5) is 15.1. The van der Waals surface area contributed by atoms with Crippen LogP contribution in [0.25, 0.3) is 32.1 Å². The number of nitrogens with zero attached hydrogens (tertiary/aromatic N) is 1. The molecular formula is C20H14N2O2S. The summed E-state index contributed by atoms with van der Waals surface area (Å²) in [7, 11) is 0. The molecule has 0 atom stereocenters. The first-order valence-electron chi connectivity index (χ1n) is 7.90. The number of rotatable bonds is 3. The van der Waals surface area contributed by atoms with E-state index in [1.54, 1.807) is 12.1 Å². The van der Waals surface area contributed by atoms with Crippen molar-refractivity contribution >= 4 is 32.3 Å². The second-order valence-corrected chi connectivity index (χ2v) is 6.77. The normalized spacial score (nSPS) is 11.0. The molecule has 0 amide bonds. The second kappa shape index (κ2) is 6.08. The average Bonchev–Trinajstić information content (AvgIpc) is 3.12. The molecule has 4 rings (SSSR count). The van der Waals surface area contributed by atoms with Crippen molar-refractivity contribution in [3.05, 3.63) is 63.8 Å². The molecule has 2 aromatic carbocycles. The fourth-order valence-electron chi connectivity index (χ4n) is 3.17. The Morgan fingerprint density at radius 2 is 1.92 bits per heavy atom. The van der Waals surface area contributed by atoms with Crippen molar-refractivity contribution in [2.75, 3.05) is 0 Å². The predicted molar refractivity (Wildman–Crippen MR) is 101 cm³/mol. The number of hydrogen-bond acceptors (Lipinski definition) is 4. The van der Waals surface area contributed by atoms with Gasteiger partial charge in [0.1, 0.15) is 10.4 Å². The molecule has 0 aliphatic heterocycles. The Hall–Kier alpha value is -3.10. The highest BCUT2D eigenvalue weighted by atomic mass is 32.1. The largest absolute Gasteiger partial charge is 0.507 e. The van der Waals surface area contributed by atoms with E-state index in [0.717, 1.165) is 21.9 Å². The average molecular weight is 346 g/mol. The lowest BCUT2D eigenvalue weighted by atomic mass is 9.96. The van der Waals surface area contributed by atoms with Gasteiger partial charge >= 0.3 is 0 Å². The van der Waals surface area contributed by atoms with Crippen molar-refractivity contribution in [2.24, 2.45) is 0 Å². The van der Waals surface area contributed by atoms with Gasteiger partial charge in [0.15, 0.2) is 0 Å². The number of aromatic amines is 1. The van der Waals surface area contributed by atoms with Gasteiger partial charge in [0.05, 0.1) is 6.07 Å². The number of aromatic nitrogens is 1. The molecule has 2 aromatic heterocycles. The third-order valence-corrected chi connectivity index (χ3v) is 5.25. The molecule has 4 aromatic rings. The van der Waals surface area contributed by atoms with E-state index in [9.17, 15) is 9.90 Å². The van der Waals surface area contributed by atoms with E-state index in [1.165, 1.54) is 11.3 Å². The van der Waals surface area contributed by atoms with Crippen LogP contribution < -0.4 is 5.56 Å². The molecule has 4 nitrogen and oxygen atoms in total. The van der Waals surface area contributed by atoms with Gasteiger partial charge < -0.3 is 10.1 Å². The molecule has 0 fully saturated rings. The molecule has 0 spiro atoms. The van der Waals surface area contributed by atoms with E-state index in [0.29, 0.717) is 28.6 Å². The minimum Gasteiger partial charge on any atom is -0.507 e. The Labute approximate surface area is 147 Å². The van der Waals surface area contributed by atoms with Crippen LogP contribution in [0.4, 0.5) is 0 Å². The van der Waals surface area contributed by atoms with Crippen LogP contribution in [-0.4, -0.2) is 10.1 Å². The first-order chi connectivity index (χ1) is 12.2. The highest BCUT2D eigenvalue weighted by molar-refractivity contribution is 7.17. The lowest BCUT2D eigenvalue weighted by Crippen LogP contribution is -2.04. The Bertz CT molecular complexity index is 1180. The van der Waals surface area contributed by atoms with E-state index in [4.69, 9.17) is 5.26 Å². The number of hydrogen-bond donors (Lipinski definition) is 2. The van der Waals surface area contributed by atoms with Crippen LogP contribution in [-0.2, 0) is 6.42 Å². The van der Waals surface area contributed by atoms with Crippen molar-refractivity contribution in [1.82, 2.24) is 4.98 Å². The quantitative estimate of drug-likeness (QED) is 0.570. The molecular weight excluding hydrogens is 332 g/mol. The van der Waals surface area contributed by atoms with Gasteiger partial charge in [-0.3, -0.25) is 4.79 Å². The zero-order chi connectivity index (χ0) is 17.4. The number of benzene rings is 2. The molecule has 0 saturated carbocycles. The predicted octanol–water partition coefficient (Wildman–Crippen LogP) is 4.57. The maximum atomic E-state index is 12.2. The highest BCUT2D eigenvalue weighted by Crippen LogP contribution is 2.39. The minimum atomic E-state index is -0.110. The van der Waals surface area contributed by atoms with Crippen LogP contribution in [0.5, 0.6) is 5.75 Å². The second-order valence-electron chi connectivity index (χ2n) is 5.85. The summed E-state index contributed by atoms with van der Waals surface area (Å²) in [6.45, 7) is 0. The van der Waals surface area contributed by atoms with Crippen LogP contribution in [0, 0.1) is 11.3 Å². The van der Waals surface area contributed by atoms with E-state index in [1.807, 2.05) is 35.7 Å². The maximum absolute atomic E-state index is 12.2. The molecule has 5 heteroatoms. The van der Waals surface area contributed by atoms with Gasteiger partial charge in [-0.2, -0.15) is 5.26 Å². The lowest BCUT2D eigenvalue weighted by molar-refractivity contribution is 0.478. The van der Waals surface area contributed by atoms with Crippen molar-refractivity contribution in [2.45, 2.75) is 12.8 Å². The summed E-state index contributed by atoms with van der Waals surface area (Å²) in [5.74, 6) is 0.178. The summed E-state index contributed by atoms with van der Waals surface area (Å²) < 4.78 is 0.657. The van der Waals surface area contributed by atoms with E-state index < -0.39 is 0 Å². The number of fused-ring (bicyclic) bond motifs is 3. The molecule has 0 radical (unpaired) electrons. The Kier molecular flexibility index (Phi) is 3.75. The van der Waals surface area contributed by atoms with Crippen LogP contribution in [0.2, 0.25) is 0 Å². The van der Waals surface area contributed by atoms with Crippen LogP contribution in [0.15, 0.2) is 52.6 Å². The summed E-state index contributed by atoms with van der Waals surface area (Å²) >= 11 is 1.39. The number of aryl methyl sites for hydroxylation is 1. The maximum Gasteiger partial charge on any atom is 0.266 e. The van der Waals surface area contributed by atoms with Gasteiger partial charge in [0, 0.05) is 28.3 Å². The van der Waals surface area contributed by atoms with Gasteiger partial charge in [0.25, 0.3) is 5.56 Å². The first kappa shape index (κ1) is 15.4. The molecule has 2 heterocycles. The third kappa shape index (κ3) is 2.57. The first-order valence-corrected chi connectivity index (χ1v) is 8.78.